The minimum atomic E-state index is -1.11. The van der Waals surface area contributed by atoms with Crippen molar-refractivity contribution in [1.29, 1.82) is 0 Å². The minimum absolute atomic E-state index is 0.0326. The van der Waals surface area contributed by atoms with Gasteiger partial charge < -0.3 is 15.7 Å². The molecule has 0 unspecified atom stereocenters. The van der Waals surface area contributed by atoms with E-state index in [1.165, 1.54) is 0 Å². The van der Waals surface area contributed by atoms with Crippen LogP contribution in [0.5, 0.6) is 0 Å². The monoisotopic (exact) mass is 341 g/mol. The van der Waals surface area contributed by atoms with Gasteiger partial charge in [-0.15, -0.1) is 0 Å². The van der Waals surface area contributed by atoms with Crippen LogP contribution in [0.25, 0.3) is 0 Å². The first-order valence-electron chi connectivity index (χ1n) is 7.17. The maximum absolute atomic E-state index is 12.0. The number of benzene rings is 1. The molecule has 0 spiro atoms. The summed E-state index contributed by atoms with van der Waals surface area (Å²) in [5, 5.41) is 14.1. The smallest absolute Gasteiger partial charge is 0.322 e. The quantitative estimate of drug-likeness (QED) is 0.626. The van der Waals surface area contributed by atoms with Crippen molar-refractivity contribution in [2.24, 2.45) is 0 Å². The fourth-order valence-corrected chi connectivity index (χ4v) is 2.03. The lowest BCUT2D eigenvalue weighted by Gasteiger charge is -2.20. The van der Waals surface area contributed by atoms with Gasteiger partial charge in [0.15, 0.2) is 0 Å². The van der Waals surface area contributed by atoms with E-state index >= 15 is 0 Å². The van der Waals surface area contributed by atoms with Gasteiger partial charge in [0, 0.05) is 10.7 Å². The molecule has 23 heavy (non-hydrogen) atoms. The third-order valence-corrected chi connectivity index (χ3v) is 3.09. The number of hydrogen-bond acceptors (Lipinski definition) is 4. The largest absolute Gasteiger partial charge is 0.480 e. The third kappa shape index (κ3) is 8.18. The van der Waals surface area contributed by atoms with Crippen molar-refractivity contribution in [1.82, 2.24) is 10.2 Å². The predicted molar refractivity (Wildman–Crippen MR) is 87.5 cm³/mol. The first kappa shape index (κ1) is 18.9. The van der Waals surface area contributed by atoms with Gasteiger partial charge in [0.25, 0.3) is 0 Å². The highest BCUT2D eigenvalue weighted by Gasteiger charge is 2.14. The summed E-state index contributed by atoms with van der Waals surface area (Å²) in [6, 6.07) is 6.70. The Balaban J connectivity index is 2.50. The number of carboxylic acids is 1. The fraction of sp³-hybridized carbons (Fsp3) is 0.400. The molecule has 1 aromatic carbocycles. The summed E-state index contributed by atoms with van der Waals surface area (Å²) in [5.74, 6) is -1.80. The van der Waals surface area contributed by atoms with Gasteiger partial charge in [0.1, 0.15) is 6.54 Å². The van der Waals surface area contributed by atoms with E-state index in [0.29, 0.717) is 17.3 Å². The van der Waals surface area contributed by atoms with Crippen LogP contribution in [0.1, 0.15) is 13.3 Å². The van der Waals surface area contributed by atoms with Crippen molar-refractivity contribution in [3.8, 4) is 0 Å². The molecule has 3 N–H and O–H groups in total. The van der Waals surface area contributed by atoms with Gasteiger partial charge in [-0.25, -0.2) is 0 Å². The molecule has 0 aliphatic heterocycles. The number of anilines is 1. The zero-order valence-corrected chi connectivity index (χ0v) is 13.6. The van der Waals surface area contributed by atoms with E-state index in [4.69, 9.17) is 16.7 Å². The molecule has 0 aliphatic rings. The molecule has 0 bridgehead atoms. The normalized spacial score (nSPS) is 10.4. The van der Waals surface area contributed by atoms with Gasteiger partial charge in [-0.1, -0.05) is 18.5 Å². The number of amides is 2. The molecule has 0 radical (unpaired) electrons. The van der Waals surface area contributed by atoms with Crippen molar-refractivity contribution in [2.75, 3.05) is 31.5 Å². The molecule has 0 aromatic heterocycles. The van der Waals surface area contributed by atoms with Crippen LogP contribution >= 0.6 is 11.6 Å². The van der Waals surface area contributed by atoms with Crippen molar-refractivity contribution >= 4 is 35.1 Å². The molecule has 0 heterocycles. The molecular formula is C15H20ClN3O4. The topological polar surface area (TPSA) is 98.7 Å². The highest BCUT2D eigenvalue weighted by atomic mass is 35.5. The second kappa shape index (κ2) is 9.81. The van der Waals surface area contributed by atoms with Gasteiger partial charge in [0.2, 0.25) is 11.8 Å². The average molecular weight is 342 g/mol. The fourth-order valence-electron chi connectivity index (χ4n) is 1.90. The molecule has 0 fully saturated rings. The molecule has 1 rings (SSSR count). The maximum Gasteiger partial charge on any atom is 0.322 e. The van der Waals surface area contributed by atoms with E-state index in [1.54, 1.807) is 29.2 Å². The number of halogens is 1. The number of carbonyl (C=O) groups excluding carboxylic acids is 2. The van der Waals surface area contributed by atoms with Crippen molar-refractivity contribution in [2.45, 2.75) is 13.3 Å². The standard InChI is InChI=1S/C15H20ClN3O4/c1-2-7-19(9-13(20)17-8-15(22)23)10-14(21)18-12-5-3-11(16)4-6-12/h3-6H,2,7-10H2,1H3,(H,17,20)(H,18,21)(H,22,23). The first-order chi connectivity index (χ1) is 10.9. The predicted octanol–water partition coefficient (Wildman–Crippen LogP) is 1.19. The molecular weight excluding hydrogens is 322 g/mol. The third-order valence-electron chi connectivity index (χ3n) is 2.84. The lowest BCUT2D eigenvalue weighted by Crippen LogP contribution is -2.42. The molecule has 7 nitrogen and oxygen atoms in total. The SMILES string of the molecule is CCCN(CC(=O)NCC(=O)O)CC(=O)Nc1ccc(Cl)cc1. The molecule has 8 heteroatoms. The van der Waals surface area contributed by atoms with Gasteiger partial charge >= 0.3 is 5.97 Å². The Labute approximate surface area is 139 Å². The van der Waals surface area contributed by atoms with Crippen molar-refractivity contribution in [3.63, 3.8) is 0 Å². The van der Waals surface area contributed by atoms with Gasteiger partial charge in [-0.2, -0.15) is 0 Å². The van der Waals surface area contributed by atoms with Gasteiger partial charge in [0.05, 0.1) is 13.1 Å². The molecule has 0 aliphatic carbocycles. The Kier molecular flexibility index (Phi) is 8.07. The summed E-state index contributed by atoms with van der Waals surface area (Å²) >= 11 is 5.78. The van der Waals surface area contributed by atoms with Gasteiger partial charge in [-0.3, -0.25) is 19.3 Å². The Morgan fingerprint density at radius 1 is 1.13 bits per heavy atom. The van der Waals surface area contributed by atoms with E-state index < -0.39 is 18.4 Å². The lowest BCUT2D eigenvalue weighted by atomic mass is 10.3. The number of rotatable bonds is 9. The summed E-state index contributed by atoms with van der Waals surface area (Å²) in [7, 11) is 0. The number of aliphatic carboxylic acids is 1. The van der Waals surface area contributed by atoms with E-state index in [1.807, 2.05) is 6.92 Å². The van der Waals surface area contributed by atoms with Crippen LogP contribution < -0.4 is 10.6 Å². The molecule has 126 valence electrons. The zero-order chi connectivity index (χ0) is 17.2. The zero-order valence-electron chi connectivity index (χ0n) is 12.8. The van der Waals surface area contributed by atoms with Crippen LogP contribution in [0.15, 0.2) is 24.3 Å². The van der Waals surface area contributed by atoms with E-state index in [9.17, 15) is 14.4 Å². The Morgan fingerprint density at radius 2 is 1.74 bits per heavy atom. The molecule has 0 saturated heterocycles. The summed E-state index contributed by atoms with van der Waals surface area (Å²) in [6.07, 6.45) is 0.764. The Hall–Kier alpha value is -2.12. The number of hydrogen-bond donors (Lipinski definition) is 3. The van der Waals surface area contributed by atoms with Crippen LogP contribution in [0.3, 0.4) is 0 Å². The summed E-state index contributed by atoms with van der Waals surface area (Å²) in [4.78, 5) is 35.7. The Morgan fingerprint density at radius 3 is 2.30 bits per heavy atom. The van der Waals surface area contributed by atoms with E-state index in [0.717, 1.165) is 6.42 Å². The second-order valence-corrected chi connectivity index (χ2v) is 5.37. The lowest BCUT2D eigenvalue weighted by molar-refractivity contribution is -0.138. The van der Waals surface area contributed by atoms with Crippen LogP contribution in [0.2, 0.25) is 5.02 Å². The highest BCUT2D eigenvalue weighted by molar-refractivity contribution is 6.30. The van der Waals surface area contributed by atoms with Crippen LogP contribution in [-0.2, 0) is 14.4 Å². The van der Waals surface area contributed by atoms with Crippen LogP contribution in [0.4, 0.5) is 5.69 Å². The van der Waals surface area contributed by atoms with Crippen LogP contribution in [0, 0.1) is 0 Å². The first-order valence-corrected chi connectivity index (χ1v) is 7.54. The molecule has 0 atom stereocenters. The van der Waals surface area contributed by atoms with Crippen molar-refractivity contribution in [3.05, 3.63) is 29.3 Å². The van der Waals surface area contributed by atoms with Crippen LogP contribution in [-0.4, -0.2) is 54.0 Å². The number of nitrogens with zero attached hydrogens (tertiary/aromatic N) is 1. The highest BCUT2D eigenvalue weighted by Crippen LogP contribution is 2.13. The number of nitrogens with one attached hydrogen (secondary N) is 2. The minimum Gasteiger partial charge on any atom is -0.480 e. The second-order valence-electron chi connectivity index (χ2n) is 4.94. The average Bonchev–Trinajstić information content (AvgIpc) is 2.47. The summed E-state index contributed by atoms with van der Waals surface area (Å²) in [5.41, 5.74) is 0.617. The molecule has 1 aromatic rings. The summed E-state index contributed by atoms with van der Waals surface area (Å²) < 4.78 is 0. The molecule has 2 amide bonds. The van der Waals surface area contributed by atoms with Crippen molar-refractivity contribution < 1.29 is 19.5 Å². The van der Waals surface area contributed by atoms with E-state index in [-0.39, 0.29) is 19.0 Å². The maximum atomic E-state index is 12.0. The number of carbonyl (C=O) groups is 3. The number of carboxylic acid groups (broad SMARTS) is 1. The Bertz CT molecular complexity index is 548. The summed E-state index contributed by atoms with van der Waals surface area (Å²) in [6.45, 7) is 2.05. The van der Waals surface area contributed by atoms with Gasteiger partial charge in [-0.05, 0) is 37.2 Å². The van der Waals surface area contributed by atoms with E-state index in [2.05, 4.69) is 10.6 Å². The molecule has 0 saturated carbocycles.